The van der Waals surface area contributed by atoms with Crippen molar-refractivity contribution < 1.29 is 27.9 Å². The number of nitrogens with zero attached hydrogens (tertiary/aromatic N) is 1. The Labute approximate surface area is 196 Å². The van der Waals surface area contributed by atoms with E-state index in [2.05, 4.69) is 0 Å². The van der Waals surface area contributed by atoms with E-state index in [1.807, 2.05) is 0 Å². The van der Waals surface area contributed by atoms with Gasteiger partial charge < -0.3 is 9.67 Å². The van der Waals surface area contributed by atoms with Gasteiger partial charge in [0.25, 0.3) is 5.56 Å². The molecule has 0 fully saturated rings. The molecule has 10 heteroatoms. The van der Waals surface area contributed by atoms with Crippen LogP contribution in [0.3, 0.4) is 0 Å². The molecule has 0 aliphatic carbocycles. The summed E-state index contributed by atoms with van der Waals surface area (Å²) < 4.78 is 41.4. The summed E-state index contributed by atoms with van der Waals surface area (Å²) >= 11 is 12.1. The normalized spacial score (nSPS) is 12.4. The highest BCUT2D eigenvalue weighted by Gasteiger charge is 2.34. The molecule has 1 N–H and O–H groups in total. The molecule has 1 atom stereocenters. The van der Waals surface area contributed by atoms with Crippen molar-refractivity contribution in [1.82, 2.24) is 4.57 Å². The molecule has 0 spiro atoms. The number of hydrogen-bond donors (Lipinski definition) is 1. The fourth-order valence-corrected chi connectivity index (χ4v) is 3.72. The van der Waals surface area contributed by atoms with E-state index in [4.69, 9.17) is 28.3 Å². The fourth-order valence-electron chi connectivity index (χ4n) is 3.29. The van der Waals surface area contributed by atoms with Crippen LogP contribution in [0.25, 0.3) is 11.1 Å². The van der Waals surface area contributed by atoms with Gasteiger partial charge in [-0.25, -0.2) is 4.79 Å². The van der Waals surface area contributed by atoms with Gasteiger partial charge in [-0.2, -0.15) is 13.2 Å². The Hall–Kier alpha value is -3.10. The predicted octanol–water partition coefficient (Wildman–Crippen LogP) is 5.91. The van der Waals surface area contributed by atoms with E-state index in [0.29, 0.717) is 5.56 Å². The average Bonchev–Trinajstić information content (AvgIpc) is 2.74. The van der Waals surface area contributed by atoms with E-state index in [1.54, 1.807) is 0 Å². The van der Waals surface area contributed by atoms with Gasteiger partial charge >= 0.3 is 12.1 Å². The van der Waals surface area contributed by atoms with Crippen molar-refractivity contribution in [3.63, 3.8) is 0 Å². The topological polar surface area (TPSA) is 76.4 Å². The van der Waals surface area contributed by atoms with Gasteiger partial charge in [-0.15, -0.1) is 0 Å². The van der Waals surface area contributed by atoms with Gasteiger partial charge in [0.05, 0.1) is 22.2 Å². The molecule has 5 nitrogen and oxygen atoms in total. The van der Waals surface area contributed by atoms with E-state index in [-0.39, 0.29) is 38.9 Å². The van der Waals surface area contributed by atoms with Crippen molar-refractivity contribution in [2.75, 3.05) is 0 Å². The highest BCUT2D eigenvalue weighted by atomic mass is 35.5. The van der Waals surface area contributed by atoms with Gasteiger partial charge in [-0.05, 0) is 48.4 Å². The first-order chi connectivity index (χ1) is 15.4. The van der Waals surface area contributed by atoms with Crippen LogP contribution in [0.5, 0.6) is 0 Å². The lowest BCUT2D eigenvalue weighted by atomic mass is 9.99. The summed E-state index contributed by atoms with van der Waals surface area (Å²) in [7, 11) is 0. The molecule has 0 radical (unpaired) electrons. The molecule has 3 rings (SSSR count). The lowest BCUT2D eigenvalue weighted by molar-refractivity contribution is -0.137. The third-order valence-electron chi connectivity index (χ3n) is 5.07. The van der Waals surface area contributed by atoms with Crippen molar-refractivity contribution in [1.29, 1.82) is 0 Å². The van der Waals surface area contributed by atoms with Crippen LogP contribution >= 0.6 is 23.2 Å². The molecule has 1 heterocycles. The number of ketones is 1. The molecule has 172 valence electrons. The number of rotatable bonds is 6. The zero-order valence-electron chi connectivity index (χ0n) is 17.0. The Morgan fingerprint density at radius 2 is 1.67 bits per heavy atom. The van der Waals surface area contributed by atoms with E-state index >= 15 is 0 Å². The van der Waals surface area contributed by atoms with Crippen molar-refractivity contribution >= 4 is 35.0 Å². The first-order valence-electron chi connectivity index (χ1n) is 9.52. The fraction of sp³-hybridized carbons (Fsp3) is 0.174. The van der Waals surface area contributed by atoms with Crippen LogP contribution in [0.15, 0.2) is 59.5 Å². The predicted molar refractivity (Wildman–Crippen MR) is 118 cm³/mol. The van der Waals surface area contributed by atoms with Gasteiger partial charge in [0.1, 0.15) is 0 Å². The molecular formula is C23H16Cl2F3NO4. The van der Waals surface area contributed by atoms with Crippen LogP contribution in [-0.2, 0) is 17.4 Å². The molecule has 0 aliphatic rings. The zero-order chi connectivity index (χ0) is 24.5. The van der Waals surface area contributed by atoms with Crippen LogP contribution < -0.4 is 5.56 Å². The number of alkyl halides is 3. The van der Waals surface area contributed by atoms with Gasteiger partial charge in [-0.1, -0.05) is 35.3 Å². The zero-order valence-corrected chi connectivity index (χ0v) is 18.5. The number of aromatic nitrogens is 1. The summed E-state index contributed by atoms with van der Waals surface area (Å²) in [5, 5.41) is 8.82. The molecule has 0 saturated heterocycles. The van der Waals surface area contributed by atoms with Crippen molar-refractivity contribution in [3.05, 3.63) is 91.8 Å². The second-order valence-corrected chi connectivity index (χ2v) is 8.13. The summed E-state index contributed by atoms with van der Waals surface area (Å²) in [4.78, 5) is 36.3. The second-order valence-electron chi connectivity index (χ2n) is 7.29. The van der Waals surface area contributed by atoms with Gasteiger partial charge in [0, 0.05) is 29.3 Å². The highest BCUT2D eigenvalue weighted by Crippen LogP contribution is 2.40. The molecule has 0 amide bonds. The van der Waals surface area contributed by atoms with Crippen LogP contribution in [0.4, 0.5) is 13.2 Å². The standard InChI is InChI=1S/C23H16Cl2F3NO4/c1-12(20(30)8-13-2-4-14(5-3-13)22(32)33)29-11-19(25)17(10-21(29)31)16-9-15(24)6-7-18(16)23(26,27)28/h2-7,9-12H,8H2,1H3,(H,32,33). The number of benzene rings is 2. The van der Waals surface area contributed by atoms with E-state index < -0.39 is 29.3 Å². The molecule has 0 aliphatic heterocycles. The number of carboxylic acid groups (broad SMARTS) is 1. The summed E-state index contributed by atoms with van der Waals surface area (Å²) in [6, 6.07) is 8.64. The average molecular weight is 498 g/mol. The molecule has 0 bridgehead atoms. The molecular weight excluding hydrogens is 482 g/mol. The Morgan fingerprint density at radius 3 is 2.24 bits per heavy atom. The largest absolute Gasteiger partial charge is 0.478 e. The summed E-state index contributed by atoms with van der Waals surface area (Å²) in [6.45, 7) is 1.46. The number of carbonyl (C=O) groups is 2. The number of hydrogen-bond acceptors (Lipinski definition) is 3. The van der Waals surface area contributed by atoms with Crippen LogP contribution in [-0.4, -0.2) is 21.4 Å². The van der Waals surface area contributed by atoms with Crippen molar-refractivity contribution in [2.24, 2.45) is 0 Å². The summed E-state index contributed by atoms with van der Waals surface area (Å²) in [5.41, 5.74) is -1.61. The number of carbonyl (C=O) groups excluding carboxylic acids is 1. The van der Waals surface area contributed by atoms with Gasteiger partial charge in [0.15, 0.2) is 5.78 Å². The Morgan fingerprint density at radius 1 is 1.03 bits per heavy atom. The van der Waals surface area contributed by atoms with E-state index in [1.165, 1.54) is 31.2 Å². The third-order valence-corrected chi connectivity index (χ3v) is 5.61. The maximum absolute atomic E-state index is 13.4. The molecule has 2 aromatic carbocycles. The number of halogens is 5. The molecule has 1 unspecified atom stereocenters. The van der Waals surface area contributed by atoms with Crippen molar-refractivity contribution in [2.45, 2.75) is 25.6 Å². The highest BCUT2D eigenvalue weighted by molar-refractivity contribution is 6.33. The first kappa shape index (κ1) is 24.5. The summed E-state index contributed by atoms with van der Waals surface area (Å²) in [5.74, 6) is -1.47. The molecule has 3 aromatic rings. The third kappa shape index (κ3) is 5.46. The van der Waals surface area contributed by atoms with Crippen LogP contribution in [0.1, 0.15) is 34.5 Å². The van der Waals surface area contributed by atoms with Gasteiger partial charge in [-0.3, -0.25) is 9.59 Å². The smallest absolute Gasteiger partial charge is 0.417 e. The Bertz CT molecular complexity index is 1280. The van der Waals surface area contributed by atoms with E-state index in [9.17, 15) is 27.6 Å². The Balaban J connectivity index is 1.93. The lowest BCUT2D eigenvalue weighted by Gasteiger charge is -2.18. The summed E-state index contributed by atoms with van der Waals surface area (Å²) in [6.07, 6.45) is -3.66. The molecule has 33 heavy (non-hydrogen) atoms. The minimum Gasteiger partial charge on any atom is -0.478 e. The maximum atomic E-state index is 13.4. The number of pyridine rings is 1. The number of carboxylic acids is 1. The number of Topliss-reactive ketones (excluding diaryl/α,β-unsaturated/α-hetero) is 1. The maximum Gasteiger partial charge on any atom is 0.417 e. The minimum absolute atomic E-state index is 0.0377. The molecule has 0 saturated carbocycles. The lowest BCUT2D eigenvalue weighted by Crippen LogP contribution is -2.28. The second kappa shape index (κ2) is 9.41. The first-order valence-corrected chi connectivity index (χ1v) is 10.3. The van der Waals surface area contributed by atoms with Crippen molar-refractivity contribution in [3.8, 4) is 11.1 Å². The monoisotopic (exact) mass is 497 g/mol. The number of aromatic carboxylic acids is 1. The Kier molecular flexibility index (Phi) is 7.00. The SMILES string of the molecule is CC(C(=O)Cc1ccc(C(=O)O)cc1)n1cc(Cl)c(-c2cc(Cl)ccc2C(F)(F)F)cc1=O. The minimum atomic E-state index is -4.70. The van der Waals surface area contributed by atoms with Crippen LogP contribution in [0, 0.1) is 0 Å². The van der Waals surface area contributed by atoms with Crippen LogP contribution in [0.2, 0.25) is 10.0 Å². The van der Waals surface area contributed by atoms with Gasteiger partial charge in [0.2, 0.25) is 0 Å². The quantitative estimate of drug-likeness (QED) is 0.459. The molecule has 1 aromatic heterocycles. The van der Waals surface area contributed by atoms with E-state index in [0.717, 1.165) is 35.0 Å².